The number of nitrogens with zero attached hydrogens (tertiary/aromatic N) is 1. The smallest absolute Gasteiger partial charge is 0.0107 e. The quantitative estimate of drug-likeness (QED) is 0.496. The highest BCUT2D eigenvalue weighted by Gasteiger charge is 1.99. The van der Waals surface area contributed by atoms with Crippen molar-refractivity contribution in [1.82, 2.24) is 10.2 Å². The summed E-state index contributed by atoms with van der Waals surface area (Å²) in [5.41, 5.74) is 0. The maximum atomic E-state index is 3.56. The molecule has 0 atom stereocenters. The van der Waals surface area contributed by atoms with Crippen molar-refractivity contribution in [2.24, 2.45) is 0 Å². The van der Waals surface area contributed by atoms with Gasteiger partial charge in [-0.1, -0.05) is 52.9 Å². The largest absolute Gasteiger partial charge is 0.315 e. The van der Waals surface area contributed by atoms with Crippen molar-refractivity contribution in [3.05, 3.63) is 0 Å². The van der Waals surface area contributed by atoms with Gasteiger partial charge in [-0.25, -0.2) is 0 Å². The Kier molecular flexibility index (Phi) is 13.9. The second kappa shape index (κ2) is 14.0. The van der Waals surface area contributed by atoms with Crippen molar-refractivity contribution in [2.45, 2.75) is 65.7 Å². The molecule has 0 bridgehead atoms. The predicted octanol–water partition coefficient (Wildman–Crippen LogP) is 3.67. The van der Waals surface area contributed by atoms with Crippen LogP contribution < -0.4 is 5.32 Å². The van der Waals surface area contributed by atoms with Gasteiger partial charge in [0.25, 0.3) is 0 Å². The van der Waals surface area contributed by atoms with Gasteiger partial charge in [0.2, 0.25) is 0 Å². The number of hydrogen-bond donors (Lipinski definition) is 1. The molecule has 0 radical (unpaired) electrons. The monoisotopic (exact) mass is 242 g/mol. The van der Waals surface area contributed by atoms with Crippen LogP contribution in [0.4, 0.5) is 0 Å². The van der Waals surface area contributed by atoms with Gasteiger partial charge < -0.3 is 10.2 Å². The minimum Gasteiger partial charge on any atom is -0.315 e. The maximum Gasteiger partial charge on any atom is 0.0107 e. The van der Waals surface area contributed by atoms with E-state index in [2.05, 4.69) is 31.0 Å². The number of likely N-dealkylation sites (N-methyl/N-ethyl adjacent to an activating group) is 1. The van der Waals surface area contributed by atoms with Crippen LogP contribution in [0.2, 0.25) is 0 Å². The van der Waals surface area contributed by atoms with Crippen LogP contribution in [0.15, 0.2) is 0 Å². The number of hydrogen-bond acceptors (Lipinski definition) is 2. The third-order valence-corrected chi connectivity index (χ3v) is 3.30. The van der Waals surface area contributed by atoms with Gasteiger partial charge in [-0.15, -0.1) is 0 Å². The fraction of sp³-hybridized carbons (Fsp3) is 1.00. The Bertz CT molecular complexity index is 137. The Labute approximate surface area is 109 Å². The van der Waals surface area contributed by atoms with Gasteiger partial charge in [-0.2, -0.15) is 0 Å². The second-order valence-electron chi connectivity index (χ2n) is 4.95. The van der Waals surface area contributed by atoms with Crippen LogP contribution in [0, 0.1) is 0 Å². The Hall–Kier alpha value is -0.0800. The van der Waals surface area contributed by atoms with Gasteiger partial charge in [0.1, 0.15) is 0 Å². The second-order valence-corrected chi connectivity index (χ2v) is 4.95. The lowest BCUT2D eigenvalue weighted by molar-refractivity contribution is 0.287. The predicted molar refractivity (Wildman–Crippen MR) is 78.7 cm³/mol. The van der Waals surface area contributed by atoms with Crippen LogP contribution in [-0.4, -0.2) is 37.6 Å². The van der Waals surface area contributed by atoms with E-state index in [1.165, 1.54) is 71.1 Å². The molecule has 0 spiro atoms. The molecule has 0 heterocycles. The molecule has 0 saturated carbocycles. The molecule has 0 aromatic rings. The zero-order chi connectivity index (χ0) is 12.8. The van der Waals surface area contributed by atoms with Crippen molar-refractivity contribution in [2.75, 3.05) is 32.7 Å². The topological polar surface area (TPSA) is 15.3 Å². The maximum absolute atomic E-state index is 3.56. The third-order valence-electron chi connectivity index (χ3n) is 3.30. The Morgan fingerprint density at radius 3 is 2.06 bits per heavy atom. The minimum absolute atomic E-state index is 1.16. The molecule has 0 rings (SSSR count). The van der Waals surface area contributed by atoms with Gasteiger partial charge in [-0.3, -0.25) is 0 Å². The summed E-state index contributed by atoms with van der Waals surface area (Å²) in [4.78, 5) is 2.52. The summed E-state index contributed by atoms with van der Waals surface area (Å²) in [6.07, 6.45) is 9.63. The molecule has 1 N–H and O–H groups in total. The molecule has 2 nitrogen and oxygen atoms in total. The van der Waals surface area contributed by atoms with Crippen LogP contribution in [0.1, 0.15) is 65.7 Å². The van der Waals surface area contributed by atoms with Crippen LogP contribution in [0.25, 0.3) is 0 Å². The first-order chi connectivity index (χ1) is 8.35. The van der Waals surface area contributed by atoms with E-state index in [9.17, 15) is 0 Å². The summed E-state index contributed by atoms with van der Waals surface area (Å²) < 4.78 is 0. The molecule has 0 fully saturated rings. The molecule has 2 heteroatoms. The van der Waals surface area contributed by atoms with E-state index in [1.807, 2.05) is 0 Å². The van der Waals surface area contributed by atoms with Crippen molar-refractivity contribution < 1.29 is 0 Å². The molecule has 0 aromatic carbocycles. The van der Waals surface area contributed by atoms with Crippen LogP contribution in [0.5, 0.6) is 0 Å². The highest BCUT2D eigenvalue weighted by atomic mass is 15.1. The standard InChI is InChI=1S/C15H34N2/c1-4-7-8-9-10-11-12-16-13-15-17(6-3)14-5-2/h16H,4-15H2,1-3H3. The number of rotatable bonds is 13. The van der Waals surface area contributed by atoms with Gasteiger partial charge in [0.05, 0.1) is 0 Å². The zero-order valence-electron chi connectivity index (χ0n) is 12.4. The van der Waals surface area contributed by atoms with Crippen LogP contribution in [0.3, 0.4) is 0 Å². The van der Waals surface area contributed by atoms with Gasteiger partial charge in [0.15, 0.2) is 0 Å². The summed E-state index contributed by atoms with van der Waals surface area (Å²) in [6, 6.07) is 0. The molecular weight excluding hydrogens is 208 g/mol. The van der Waals surface area contributed by atoms with E-state index in [4.69, 9.17) is 0 Å². The molecule has 0 aliphatic rings. The molecular formula is C15H34N2. The first-order valence-corrected chi connectivity index (χ1v) is 7.78. The first-order valence-electron chi connectivity index (χ1n) is 7.78. The van der Waals surface area contributed by atoms with Gasteiger partial charge in [0, 0.05) is 13.1 Å². The fourth-order valence-corrected chi connectivity index (χ4v) is 2.14. The van der Waals surface area contributed by atoms with Gasteiger partial charge >= 0.3 is 0 Å². The molecule has 0 unspecified atom stereocenters. The van der Waals surface area contributed by atoms with E-state index in [1.54, 1.807) is 0 Å². The first kappa shape index (κ1) is 16.9. The fourth-order valence-electron chi connectivity index (χ4n) is 2.14. The number of nitrogens with one attached hydrogen (secondary N) is 1. The number of unbranched alkanes of at least 4 members (excludes halogenated alkanes) is 5. The summed E-state index contributed by atoms with van der Waals surface area (Å²) in [5, 5.41) is 3.56. The van der Waals surface area contributed by atoms with Crippen LogP contribution >= 0.6 is 0 Å². The van der Waals surface area contributed by atoms with E-state index < -0.39 is 0 Å². The van der Waals surface area contributed by atoms with Crippen molar-refractivity contribution >= 4 is 0 Å². The average molecular weight is 242 g/mol. The molecule has 0 saturated heterocycles. The Balaban J connectivity index is 3.11. The summed E-state index contributed by atoms with van der Waals surface area (Å²) >= 11 is 0. The van der Waals surface area contributed by atoms with E-state index >= 15 is 0 Å². The highest BCUT2D eigenvalue weighted by Crippen LogP contribution is 2.03. The SMILES string of the molecule is CCCCCCCCNCCN(CC)CCC. The highest BCUT2D eigenvalue weighted by molar-refractivity contribution is 4.57. The van der Waals surface area contributed by atoms with Crippen LogP contribution in [-0.2, 0) is 0 Å². The summed E-state index contributed by atoms with van der Waals surface area (Å²) in [6.45, 7) is 12.8. The van der Waals surface area contributed by atoms with E-state index in [-0.39, 0.29) is 0 Å². The molecule has 17 heavy (non-hydrogen) atoms. The van der Waals surface area contributed by atoms with Crippen molar-refractivity contribution in [3.63, 3.8) is 0 Å². The lowest BCUT2D eigenvalue weighted by atomic mass is 10.1. The molecule has 0 aliphatic carbocycles. The van der Waals surface area contributed by atoms with E-state index in [0.717, 1.165) is 6.54 Å². The summed E-state index contributed by atoms with van der Waals surface area (Å²) in [5.74, 6) is 0. The Morgan fingerprint density at radius 2 is 1.41 bits per heavy atom. The van der Waals surface area contributed by atoms with Gasteiger partial charge in [-0.05, 0) is 32.5 Å². The lowest BCUT2D eigenvalue weighted by Gasteiger charge is -2.19. The Morgan fingerprint density at radius 1 is 0.706 bits per heavy atom. The van der Waals surface area contributed by atoms with Crippen molar-refractivity contribution in [3.8, 4) is 0 Å². The minimum atomic E-state index is 1.16. The van der Waals surface area contributed by atoms with E-state index in [0.29, 0.717) is 0 Å². The zero-order valence-corrected chi connectivity index (χ0v) is 12.4. The molecule has 0 amide bonds. The summed E-state index contributed by atoms with van der Waals surface area (Å²) in [7, 11) is 0. The third kappa shape index (κ3) is 12.2. The molecule has 104 valence electrons. The molecule has 0 aromatic heterocycles. The van der Waals surface area contributed by atoms with Crippen molar-refractivity contribution in [1.29, 1.82) is 0 Å². The lowest BCUT2D eigenvalue weighted by Crippen LogP contribution is -2.32. The average Bonchev–Trinajstić information content (AvgIpc) is 2.35. The molecule has 0 aliphatic heterocycles. The normalized spacial score (nSPS) is 11.3.